The molecule has 0 saturated carbocycles. The molecule has 2 rings (SSSR count). The normalized spacial score (nSPS) is 15.7. The molecule has 1 aromatic rings. The molecule has 2 heterocycles. The lowest BCUT2D eigenvalue weighted by Crippen LogP contribution is -2.51. The number of hydrogen-bond acceptors (Lipinski definition) is 5. The van der Waals surface area contributed by atoms with Crippen LogP contribution in [0.1, 0.15) is 5.56 Å². The van der Waals surface area contributed by atoms with Gasteiger partial charge in [-0.3, -0.25) is 14.9 Å². The lowest BCUT2D eigenvalue weighted by molar-refractivity contribution is -0.132. The van der Waals surface area contributed by atoms with Crippen molar-refractivity contribution in [1.82, 2.24) is 10.3 Å². The summed E-state index contributed by atoms with van der Waals surface area (Å²) in [5.41, 5.74) is 0.535. The van der Waals surface area contributed by atoms with Crippen LogP contribution in [0.3, 0.4) is 0 Å². The first-order valence-corrected chi connectivity index (χ1v) is 5.50. The summed E-state index contributed by atoms with van der Waals surface area (Å²) in [4.78, 5) is 38.8. The van der Waals surface area contributed by atoms with Crippen LogP contribution in [0, 0.1) is 0 Å². The van der Waals surface area contributed by atoms with Crippen LogP contribution in [0.15, 0.2) is 24.4 Å². The molecule has 0 aliphatic carbocycles. The molecule has 1 aliphatic heterocycles. The fourth-order valence-electron chi connectivity index (χ4n) is 1.75. The fraction of sp³-hybridized carbons (Fsp3) is 0.167. The number of carboxylic acids is 1. The highest BCUT2D eigenvalue weighted by molar-refractivity contribution is 6.02. The molecular formula is C12H11N3O4. The summed E-state index contributed by atoms with van der Waals surface area (Å²) < 4.78 is 0. The lowest BCUT2D eigenvalue weighted by Gasteiger charge is -2.27. The maximum Gasteiger partial charge on any atom is 0.328 e. The number of pyridine rings is 1. The molecule has 2 amide bonds. The van der Waals surface area contributed by atoms with Gasteiger partial charge < -0.3 is 10.0 Å². The number of piperazine rings is 1. The molecular weight excluding hydrogens is 250 g/mol. The van der Waals surface area contributed by atoms with E-state index in [-0.39, 0.29) is 13.1 Å². The molecule has 0 bridgehead atoms. The molecule has 0 radical (unpaired) electrons. The Hall–Kier alpha value is -2.70. The van der Waals surface area contributed by atoms with Crippen molar-refractivity contribution >= 4 is 29.7 Å². The highest BCUT2D eigenvalue weighted by atomic mass is 16.4. The highest BCUT2D eigenvalue weighted by Gasteiger charge is 2.24. The molecule has 0 spiro atoms. The number of hydrogen-bond donors (Lipinski definition) is 2. The van der Waals surface area contributed by atoms with E-state index in [1.54, 1.807) is 12.1 Å². The summed E-state index contributed by atoms with van der Waals surface area (Å²) in [7, 11) is 0. The molecule has 1 saturated heterocycles. The monoisotopic (exact) mass is 261 g/mol. The number of aliphatic carboxylic acids is 1. The van der Waals surface area contributed by atoms with Gasteiger partial charge in [-0.05, 0) is 18.2 Å². The topological polar surface area (TPSA) is 99.6 Å². The van der Waals surface area contributed by atoms with E-state index in [0.717, 1.165) is 6.08 Å². The minimum absolute atomic E-state index is 0.0106. The van der Waals surface area contributed by atoms with Gasteiger partial charge in [-0.2, -0.15) is 0 Å². The zero-order chi connectivity index (χ0) is 13.8. The Kier molecular flexibility index (Phi) is 3.56. The number of carbonyl (C=O) groups excluding carboxylic acids is 2. The summed E-state index contributed by atoms with van der Waals surface area (Å²) in [6, 6.07) is 3.32. The largest absolute Gasteiger partial charge is 0.478 e. The van der Waals surface area contributed by atoms with Crippen LogP contribution in [0.25, 0.3) is 6.08 Å². The van der Waals surface area contributed by atoms with Gasteiger partial charge in [0.25, 0.3) is 0 Å². The van der Waals surface area contributed by atoms with Crippen LogP contribution in [0.2, 0.25) is 0 Å². The van der Waals surface area contributed by atoms with E-state index in [9.17, 15) is 14.4 Å². The molecule has 7 nitrogen and oxygen atoms in total. The van der Waals surface area contributed by atoms with Gasteiger partial charge in [-0.25, -0.2) is 9.78 Å². The van der Waals surface area contributed by atoms with Gasteiger partial charge >= 0.3 is 5.97 Å². The van der Waals surface area contributed by atoms with Gasteiger partial charge in [0.1, 0.15) is 5.82 Å². The Labute approximate surface area is 108 Å². The predicted molar refractivity (Wildman–Crippen MR) is 66.3 cm³/mol. The molecule has 98 valence electrons. The zero-order valence-corrected chi connectivity index (χ0v) is 9.87. The first-order valence-electron chi connectivity index (χ1n) is 5.50. The Morgan fingerprint density at radius 2 is 2.05 bits per heavy atom. The van der Waals surface area contributed by atoms with Crippen LogP contribution in [0.4, 0.5) is 5.82 Å². The number of rotatable bonds is 3. The van der Waals surface area contributed by atoms with Crippen molar-refractivity contribution in [2.75, 3.05) is 18.0 Å². The van der Waals surface area contributed by atoms with Crippen molar-refractivity contribution < 1.29 is 19.5 Å². The van der Waals surface area contributed by atoms with E-state index in [2.05, 4.69) is 10.3 Å². The third-order valence-electron chi connectivity index (χ3n) is 2.47. The van der Waals surface area contributed by atoms with Gasteiger partial charge in [0.05, 0.1) is 13.1 Å². The van der Waals surface area contributed by atoms with Gasteiger partial charge in [0.2, 0.25) is 11.8 Å². The Balaban J connectivity index is 2.31. The minimum Gasteiger partial charge on any atom is -0.478 e. The first kappa shape index (κ1) is 12.7. The summed E-state index contributed by atoms with van der Waals surface area (Å²) in [5.74, 6) is -1.49. The number of anilines is 1. The third-order valence-corrected chi connectivity index (χ3v) is 2.47. The van der Waals surface area contributed by atoms with Gasteiger partial charge in [0, 0.05) is 17.8 Å². The fourth-order valence-corrected chi connectivity index (χ4v) is 1.75. The number of carbonyl (C=O) groups is 3. The summed E-state index contributed by atoms with van der Waals surface area (Å²) in [5, 5.41) is 10.8. The van der Waals surface area contributed by atoms with Crippen LogP contribution in [-0.4, -0.2) is 41.0 Å². The summed E-state index contributed by atoms with van der Waals surface area (Å²) >= 11 is 0. The molecule has 1 aromatic heterocycles. The van der Waals surface area contributed by atoms with Crippen LogP contribution in [0.5, 0.6) is 0 Å². The molecule has 19 heavy (non-hydrogen) atoms. The molecule has 7 heteroatoms. The van der Waals surface area contributed by atoms with Crippen LogP contribution < -0.4 is 10.2 Å². The average Bonchev–Trinajstić information content (AvgIpc) is 2.35. The number of nitrogens with zero attached hydrogens (tertiary/aromatic N) is 2. The second kappa shape index (κ2) is 5.30. The third kappa shape index (κ3) is 3.15. The van der Waals surface area contributed by atoms with Crippen molar-refractivity contribution in [1.29, 1.82) is 0 Å². The lowest BCUT2D eigenvalue weighted by atomic mass is 10.2. The van der Waals surface area contributed by atoms with E-state index in [0.29, 0.717) is 11.4 Å². The standard InChI is InChI=1S/C12H11N3O4/c16-9-6-15(7-10(17)14-9)12-8(2-1-5-13-12)3-4-11(18)19/h1-5H,6-7H2,(H,18,19)(H,14,16,17)/b4-3+. The number of nitrogens with one attached hydrogen (secondary N) is 1. The Morgan fingerprint density at radius 1 is 1.37 bits per heavy atom. The summed E-state index contributed by atoms with van der Waals surface area (Å²) in [6.07, 6.45) is 3.87. The number of aromatic nitrogens is 1. The zero-order valence-electron chi connectivity index (χ0n) is 9.87. The van der Waals surface area contributed by atoms with Gasteiger partial charge in [-0.1, -0.05) is 0 Å². The van der Waals surface area contributed by atoms with Crippen molar-refractivity contribution in [2.24, 2.45) is 0 Å². The number of amides is 2. The molecule has 0 unspecified atom stereocenters. The van der Waals surface area contributed by atoms with E-state index >= 15 is 0 Å². The summed E-state index contributed by atoms with van der Waals surface area (Å²) in [6.45, 7) is 0.0212. The Bertz CT molecular complexity index is 552. The Morgan fingerprint density at radius 3 is 2.68 bits per heavy atom. The van der Waals surface area contributed by atoms with E-state index < -0.39 is 17.8 Å². The second-order valence-corrected chi connectivity index (χ2v) is 3.92. The molecule has 0 aromatic carbocycles. The minimum atomic E-state index is -1.08. The van der Waals surface area contributed by atoms with Crippen LogP contribution in [-0.2, 0) is 14.4 Å². The molecule has 0 atom stereocenters. The smallest absolute Gasteiger partial charge is 0.328 e. The molecule has 1 fully saturated rings. The maximum atomic E-state index is 11.3. The predicted octanol–water partition coefficient (Wildman–Crippen LogP) is -0.358. The second-order valence-electron chi connectivity index (χ2n) is 3.92. The average molecular weight is 261 g/mol. The van der Waals surface area contributed by atoms with E-state index in [1.807, 2.05) is 0 Å². The van der Waals surface area contributed by atoms with Crippen molar-refractivity contribution in [2.45, 2.75) is 0 Å². The van der Waals surface area contributed by atoms with Gasteiger partial charge in [0.15, 0.2) is 0 Å². The maximum absolute atomic E-state index is 11.3. The first-order chi connectivity index (χ1) is 9.06. The van der Waals surface area contributed by atoms with Crippen molar-refractivity contribution in [3.63, 3.8) is 0 Å². The number of imide groups is 1. The molecule has 2 N–H and O–H groups in total. The highest BCUT2D eigenvalue weighted by Crippen LogP contribution is 2.19. The quantitative estimate of drug-likeness (QED) is 0.569. The van der Waals surface area contributed by atoms with E-state index in [1.165, 1.54) is 17.2 Å². The van der Waals surface area contributed by atoms with Crippen molar-refractivity contribution in [3.8, 4) is 0 Å². The van der Waals surface area contributed by atoms with Crippen molar-refractivity contribution in [3.05, 3.63) is 30.0 Å². The van der Waals surface area contributed by atoms with Crippen LogP contribution >= 0.6 is 0 Å². The van der Waals surface area contributed by atoms with E-state index in [4.69, 9.17) is 5.11 Å². The van der Waals surface area contributed by atoms with Gasteiger partial charge in [-0.15, -0.1) is 0 Å². The number of carboxylic acid groups (broad SMARTS) is 1. The SMILES string of the molecule is O=C(O)/C=C/c1cccnc1N1CC(=O)NC(=O)C1. The molecule has 1 aliphatic rings.